The highest BCUT2D eigenvalue weighted by Crippen LogP contribution is 2.28. The summed E-state index contributed by atoms with van der Waals surface area (Å²) in [6.45, 7) is 1.86. The zero-order chi connectivity index (χ0) is 21.8. The summed E-state index contributed by atoms with van der Waals surface area (Å²) >= 11 is 0. The van der Waals surface area contributed by atoms with Gasteiger partial charge in [0.25, 0.3) is 5.91 Å². The molecule has 0 atom stereocenters. The number of rotatable bonds is 7. The van der Waals surface area contributed by atoms with Gasteiger partial charge in [0.15, 0.2) is 0 Å². The smallest absolute Gasteiger partial charge is 0.321 e. The minimum Gasteiger partial charge on any atom is -0.325 e. The number of hydrogen-bond donors (Lipinski definition) is 3. The van der Waals surface area contributed by atoms with Gasteiger partial charge in [-0.1, -0.05) is 18.2 Å². The first-order valence-electron chi connectivity index (χ1n) is 10.5. The van der Waals surface area contributed by atoms with E-state index in [1.807, 2.05) is 0 Å². The molecule has 164 valence electrons. The van der Waals surface area contributed by atoms with Gasteiger partial charge in [0, 0.05) is 25.2 Å². The van der Waals surface area contributed by atoms with Crippen molar-refractivity contribution in [1.29, 1.82) is 0 Å². The van der Waals surface area contributed by atoms with Crippen molar-refractivity contribution in [3.63, 3.8) is 0 Å². The van der Waals surface area contributed by atoms with Gasteiger partial charge in [-0.25, -0.2) is 17.9 Å². The van der Waals surface area contributed by atoms with Crippen LogP contribution in [-0.2, 0) is 10.0 Å². The Morgan fingerprint density at radius 3 is 2.29 bits per heavy atom. The second kappa shape index (κ2) is 9.07. The molecule has 0 spiro atoms. The van der Waals surface area contributed by atoms with Gasteiger partial charge < -0.3 is 15.5 Å². The summed E-state index contributed by atoms with van der Waals surface area (Å²) in [7, 11) is -3.67. The maximum atomic E-state index is 12.8. The molecular formula is C22H26N4O4S. The molecule has 1 saturated carbocycles. The molecule has 0 bridgehead atoms. The lowest BCUT2D eigenvalue weighted by molar-refractivity contribution is 0.102. The number of anilines is 2. The Hall–Kier alpha value is -2.91. The van der Waals surface area contributed by atoms with Crippen LogP contribution >= 0.6 is 0 Å². The van der Waals surface area contributed by atoms with Crippen molar-refractivity contribution in [2.45, 2.75) is 30.6 Å². The van der Waals surface area contributed by atoms with Gasteiger partial charge in [-0.3, -0.25) is 4.79 Å². The van der Waals surface area contributed by atoms with E-state index in [2.05, 4.69) is 15.4 Å². The molecule has 8 nitrogen and oxygen atoms in total. The third-order valence-corrected chi connectivity index (χ3v) is 6.90. The molecule has 31 heavy (non-hydrogen) atoms. The van der Waals surface area contributed by atoms with Gasteiger partial charge in [0.2, 0.25) is 10.0 Å². The van der Waals surface area contributed by atoms with Gasteiger partial charge in [0.1, 0.15) is 0 Å². The molecule has 2 fully saturated rings. The van der Waals surface area contributed by atoms with Crippen LogP contribution in [0.25, 0.3) is 0 Å². The van der Waals surface area contributed by atoms with E-state index in [4.69, 9.17) is 0 Å². The molecule has 0 aromatic heterocycles. The standard InChI is InChI=1S/C22H26N4O4S/c27-21(17-6-5-7-18(14-17)31(29,30)23-15-16-10-11-16)24-19-8-1-2-9-20(19)25-22(28)26-12-3-4-13-26/h1-2,5-9,14,16,23H,3-4,10-13,15H2,(H,24,27)(H,25,28). The number of nitrogens with one attached hydrogen (secondary N) is 3. The fourth-order valence-corrected chi connectivity index (χ4v) is 4.61. The Kier molecular flexibility index (Phi) is 6.24. The number of para-hydroxylation sites is 2. The van der Waals surface area contributed by atoms with Crippen molar-refractivity contribution in [1.82, 2.24) is 9.62 Å². The Labute approximate surface area is 182 Å². The van der Waals surface area contributed by atoms with Gasteiger partial charge in [-0.05, 0) is 61.9 Å². The molecule has 9 heteroatoms. The maximum absolute atomic E-state index is 12.8. The van der Waals surface area contributed by atoms with E-state index in [1.54, 1.807) is 41.3 Å². The molecule has 2 aromatic rings. The molecule has 1 heterocycles. The first-order chi connectivity index (χ1) is 14.9. The van der Waals surface area contributed by atoms with Gasteiger partial charge in [-0.15, -0.1) is 0 Å². The summed E-state index contributed by atoms with van der Waals surface area (Å²) in [6, 6.07) is 12.7. The Morgan fingerprint density at radius 1 is 0.935 bits per heavy atom. The van der Waals surface area contributed by atoms with Gasteiger partial charge in [-0.2, -0.15) is 0 Å². The van der Waals surface area contributed by atoms with Crippen molar-refractivity contribution in [2.75, 3.05) is 30.3 Å². The van der Waals surface area contributed by atoms with E-state index >= 15 is 0 Å². The van der Waals surface area contributed by atoms with Crippen LogP contribution in [0.2, 0.25) is 0 Å². The molecule has 2 aromatic carbocycles. The average molecular weight is 443 g/mol. The number of sulfonamides is 1. The number of hydrogen-bond acceptors (Lipinski definition) is 4. The summed E-state index contributed by atoms with van der Waals surface area (Å²) in [5, 5.41) is 5.62. The molecular weight excluding hydrogens is 416 g/mol. The lowest BCUT2D eigenvalue weighted by Crippen LogP contribution is -2.32. The number of carbonyl (C=O) groups excluding carboxylic acids is 2. The van der Waals surface area contributed by atoms with Crippen LogP contribution in [0, 0.1) is 5.92 Å². The zero-order valence-corrected chi connectivity index (χ0v) is 18.0. The predicted octanol–water partition coefficient (Wildman–Crippen LogP) is 3.25. The highest BCUT2D eigenvalue weighted by Gasteiger charge is 2.25. The zero-order valence-electron chi connectivity index (χ0n) is 17.1. The Balaban J connectivity index is 1.46. The van der Waals surface area contributed by atoms with E-state index in [0.29, 0.717) is 23.8 Å². The molecule has 3 N–H and O–H groups in total. The largest absolute Gasteiger partial charge is 0.325 e. The predicted molar refractivity (Wildman–Crippen MR) is 119 cm³/mol. The first kappa shape index (κ1) is 21.3. The van der Waals surface area contributed by atoms with Crippen LogP contribution in [0.4, 0.5) is 16.2 Å². The Bertz CT molecular complexity index is 1080. The second-order valence-electron chi connectivity index (χ2n) is 7.95. The normalized spacial score (nSPS) is 16.2. The fourth-order valence-electron chi connectivity index (χ4n) is 3.45. The molecule has 1 saturated heterocycles. The van der Waals surface area contributed by atoms with Crippen LogP contribution in [0.3, 0.4) is 0 Å². The van der Waals surface area contributed by atoms with Gasteiger partial charge in [0.05, 0.1) is 16.3 Å². The molecule has 1 aliphatic carbocycles. The average Bonchev–Trinajstić information content (AvgIpc) is 3.44. The third kappa shape index (κ3) is 5.42. The van der Waals surface area contributed by atoms with Crippen LogP contribution in [0.5, 0.6) is 0 Å². The summed E-state index contributed by atoms with van der Waals surface area (Å²) < 4.78 is 27.6. The number of benzene rings is 2. The van der Waals surface area contributed by atoms with Crippen LogP contribution in [0.1, 0.15) is 36.0 Å². The Morgan fingerprint density at radius 2 is 1.61 bits per heavy atom. The minimum absolute atomic E-state index is 0.0522. The molecule has 0 radical (unpaired) electrons. The number of urea groups is 1. The van der Waals surface area contributed by atoms with E-state index in [1.165, 1.54) is 12.1 Å². The van der Waals surface area contributed by atoms with Crippen molar-refractivity contribution in [3.8, 4) is 0 Å². The van der Waals surface area contributed by atoms with Crippen molar-refractivity contribution in [2.24, 2.45) is 5.92 Å². The molecule has 4 rings (SSSR count). The maximum Gasteiger partial charge on any atom is 0.321 e. The van der Waals surface area contributed by atoms with Crippen molar-refractivity contribution >= 4 is 33.3 Å². The lowest BCUT2D eigenvalue weighted by Gasteiger charge is -2.18. The minimum atomic E-state index is -3.67. The van der Waals surface area contributed by atoms with Crippen LogP contribution in [0.15, 0.2) is 53.4 Å². The highest BCUT2D eigenvalue weighted by atomic mass is 32.2. The highest BCUT2D eigenvalue weighted by molar-refractivity contribution is 7.89. The summed E-state index contributed by atoms with van der Waals surface area (Å²) in [5.41, 5.74) is 1.15. The number of likely N-dealkylation sites (tertiary alicyclic amines) is 1. The van der Waals surface area contributed by atoms with Crippen molar-refractivity contribution in [3.05, 3.63) is 54.1 Å². The topological polar surface area (TPSA) is 108 Å². The molecule has 3 amide bonds. The fraction of sp³-hybridized carbons (Fsp3) is 0.364. The van der Waals surface area contributed by atoms with Gasteiger partial charge >= 0.3 is 6.03 Å². The molecule has 0 unspecified atom stereocenters. The summed E-state index contributed by atoms with van der Waals surface area (Å²) in [4.78, 5) is 27.0. The van der Waals surface area contributed by atoms with E-state index in [-0.39, 0.29) is 16.5 Å². The van der Waals surface area contributed by atoms with E-state index < -0.39 is 15.9 Å². The number of carbonyl (C=O) groups is 2. The molecule has 2 aliphatic rings. The van der Waals surface area contributed by atoms with Crippen LogP contribution in [-0.4, -0.2) is 44.9 Å². The van der Waals surface area contributed by atoms with Crippen LogP contribution < -0.4 is 15.4 Å². The quantitative estimate of drug-likeness (QED) is 0.612. The third-order valence-electron chi connectivity index (χ3n) is 5.48. The van der Waals surface area contributed by atoms with E-state index in [0.717, 1.165) is 38.8 Å². The summed E-state index contributed by atoms with van der Waals surface area (Å²) in [6.07, 6.45) is 4.05. The van der Waals surface area contributed by atoms with E-state index in [9.17, 15) is 18.0 Å². The number of nitrogens with zero attached hydrogens (tertiary/aromatic N) is 1. The lowest BCUT2D eigenvalue weighted by atomic mass is 10.2. The number of amides is 3. The first-order valence-corrected chi connectivity index (χ1v) is 12.0. The summed E-state index contributed by atoms with van der Waals surface area (Å²) in [5.74, 6) is -0.0457. The second-order valence-corrected chi connectivity index (χ2v) is 9.71. The molecule has 1 aliphatic heterocycles. The SMILES string of the molecule is O=C(Nc1ccccc1NC(=O)N1CCCC1)c1cccc(S(=O)(=O)NCC2CC2)c1. The van der Waals surface area contributed by atoms with Crippen molar-refractivity contribution < 1.29 is 18.0 Å². The monoisotopic (exact) mass is 442 g/mol.